The van der Waals surface area contributed by atoms with Crippen molar-refractivity contribution in [2.24, 2.45) is 0 Å². The zero-order valence-electron chi connectivity index (χ0n) is 12.2. The second-order valence-electron chi connectivity index (χ2n) is 5.01. The number of H-pyrrole nitrogens is 1. The SMILES string of the molecule is CCn1nc(C)cc1-c1nc2nc(N(C)C)ccc2[nH]1. The zero-order valence-corrected chi connectivity index (χ0v) is 12.2. The molecule has 0 aliphatic rings. The van der Waals surface area contributed by atoms with E-state index in [1.54, 1.807) is 0 Å². The van der Waals surface area contributed by atoms with Crippen LogP contribution in [0.25, 0.3) is 22.7 Å². The van der Waals surface area contributed by atoms with Crippen molar-refractivity contribution in [1.82, 2.24) is 24.7 Å². The van der Waals surface area contributed by atoms with Crippen molar-refractivity contribution in [3.63, 3.8) is 0 Å². The number of aromatic nitrogens is 5. The van der Waals surface area contributed by atoms with E-state index in [0.29, 0.717) is 0 Å². The van der Waals surface area contributed by atoms with Crippen LogP contribution in [0.2, 0.25) is 0 Å². The smallest absolute Gasteiger partial charge is 0.180 e. The van der Waals surface area contributed by atoms with Crippen molar-refractivity contribution in [3.8, 4) is 11.5 Å². The average Bonchev–Trinajstić information content (AvgIpc) is 3.00. The Bertz CT molecular complexity index is 752. The van der Waals surface area contributed by atoms with E-state index in [1.165, 1.54) is 0 Å². The normalized spacial score (nSPS) is 11.2. The van der Waals surface area contributed by atoms with Crippen LogP contribution in [0.4, 0.5) is 5.82 Å². The molecule has 104 valence electrons. The fourth-order valence-corrected chi connectivity index (χ4v) is 2.23. The Hall–Kier alpha value is -2.37. The van der Waals surface area contributed by atoms with E-state index in [9.17, 15) is 0 Å². The van der Waals surface area contributed by atoms with Gasteiger partial charge in [-0.15, -0.1) is 0 Å². The van der Waals surface area contributed by atoms with E-state index in [4.69, 9.17) is 0 Å². The largest absolute Gasteiger partial charge is 0.363 e. The van der Waals surface area contributed by atoms with Gasteiger partial charge in [-0.1, -0.05) is 0 Å². The lowest BCUT2D eigenvalue weighted by Crippen LogP contribution is -2.10. The molecule has 0 fully saturated rings. The first-order chi connectivity index (χ1) is 9.58. The predicted octanol–water partition coefficient (Wildman–Crippen LogP) is 2.22. The molecule has 0 saturated heterocycles. The van der Waals surface area contributed by atoms with Gasteiger partial charge in [0.2, 0.25) is 0 Å². The van der Waals surface area contributed by atoms with Crippen LogP contribution >= 0.6 is 0 Å². The molecule has 0 unspecified atom stereocenters. The molecular formula is C14H18N6. The number of aromatic amines is 1. The highest BCUT2D eigenvalue weighted by atomic mass is 15.3. The van der Waals surface area contributed by atoms with Gasteiger partial charge in [0, 0.05) is 20.6 Å². The fourth-order valence-electron chi connectivity index (χ4n) is 2.23. The summed E-state index contributed by atoms with van der Waals surface area (Å²) in [6.45, 7) is 4.87. The molecule has 0 radical (unpaired) electrons. The molecule has 3 rings (SSSR count). The predicted molar refractivity (Wildman–Crippen MR) is 79.8 cm³/mol. The number of hydrogen-bond donors (Lipinski definition) is 1. The lowest BCUT2D eigenvalue weighted by atomic mass is 10.3. The summed E-state index contributed by atoms with van der Waals surface area (Å²) in [6, 6.07) is 6.02. The van der Waals surface area contributed by atoms with Crippen LogP contribution in [-0.4, -0.2) is 38.8 Å². The van der Waals surface area contributed by atoms with Crippen LogP contribution in [0.5, 0.6) is 0 Å². The number of anilines is 1. The lowest BCUT2D eigenvalue weighted by molar-refractivity contribution is 0.658. The molecule has 0 atom stereocenters. The first kappa shape index (κ1) is 12.7. The molecule has 0 saturated carbocycles. The molecule has 0 aromatic carbocycles. The second-order valence-corrected chi connectivity index (χ2v) is 5.01. The monoisotopic (exact) mass is 270 g/mol. The van der Waals surface area contributed by atoms with Gasteiger partial charge in [0.05, 0.1) is 11.2 Å². The van der Waals surface area contributed by atoms with Crippen molar-refractivity contribution in [3.05, 3.63) is 23.9 Å². The van der Waals surface area contributed by atoms with E-state index in [1.807, 2.05) is 48.8 Å². The highest BCUT2D eigenvalue weighted by molar-refractivity contribution is 5.77. The van der Waals surface area contributed by atoms with Crippen LogP contribution in [0.1, 0.15) is 12.6 Å². The van der Waals surface area contributed by atoms with Gasteiger partial charge in [0.25, 0.3) is 0 Å². The summed E-state index contributed by atoms with van der Waals surface area (Å²) >= 11 is 0. The summed E-state index contributed by atoms with van der Waals surface area (Å²) in [5.74, 6) is 1.71. The summed E-state index contributed by atoms with van der Waals surface area (Å²) < 4.78 is 1.94. The molecule has 0 amide bonds. The van der Waals surface area contributed by atoms with Crippen molar-refractivity contribution < 1.29 is 0 Å². The number of imidazole rings is 1. The molecule has 20 heavy (non-hydrogen) atoms. The average molecular weight is 270 g/mol. The summed E-state index contributed by atoms with van der Waals surface area (Å²) in [4.78, 5) is 14.4. The van der Waals surface area contributed by atoms with Crippen LogP contribution in [-0.2, 0) is 6.54 Å². The molecular weight excluding hydrogens is 252 g/mol. The van der Waals surface area contributed by atoms with Crippen LogP contribution in [0, 0.1) is 6.92 Å². The van der Waals surface area contributed by atoms with E-state index in [-0.39, 0.29) is 0 Å². The Morgan fingerprint density at radius 3 is 2.75 bits per heavy atom. The van der Waals surface area contributed by atoms with E-state index in [2.05, 4.69) is 27.0 Å². The Labute approximate surface area is 117 Å². The molecule has 0 bridgehead atoms. The van der Waals surface area contributed by atoms with Gasteiger partial charge < -0.3 is 9.88 Å². The minimum absolute atomic E-state index is 0.729. The van der Waals surface area contributed by atoms with Crippen molar-refractivity contribution in [2.75, 3.05) is 19.0 Å². The molecule has 3 heterocycles. The summed E-state index contributed by atoms with van der Waals surface area (Å²) in [7, 11) is 3.94. The van der Waals surface area contributed by atoms with Crippen LogP contribution in [0.3, 0.4) is 0 Å². The van der Waals surface area contributed by atoms with E-state index < -0.39 is 0 Å². The maximum absolute atomic E-state index is 4.59. The summed E-state index contributed by atoms with van der Waals surface area (Å²) in [5, 5.41) is 4.45. The van der Waals surface area contributed by atoms with Gasteiger partial charge >= 0.3 is 0 Å². The number of rotatable bonds is 3. The standard InChI is InChI=1S/C14H18N6/c1-5-20-11(8-9(2)18-20)14-15-10-6-7-12(19(3)4)16-13(10)17-14/h6-8H,5H2,1-4H3,(H,15,16,17). The van der Waals surface area contributed by atoms with Crippen LogP contribution < -0.4 is 4.90 Å². The number of nitrogens with one attached hydrogen (secondary N) is 1. The fraction of sp³-hybridized carbons (Fsp3) is 0.357. The number of hydrogen-bond acceptors (Lipinski definition) is 4. The van der Waals surface area contributed by atoms with Gasteiger partial charge in [-0.25, -0.2) is 9.97 Å². The third kappa shape index (κ3) is 2.03. The van der Waals surface area contributed by atoms with Gasteiger partial charge in [0.15, 0.2) is 11.5 Å². The minimum atomic E-state index is 0.729. The zero-order chi connectivity index (χ0) is 14.3. The Morgan fingerprint density at radius 2 is 2.05 bits per heavy atom. The van der Waals surface area contributed by atoms with E-state index in [0.717, 1.165) is 40.7 Å². The number of nitrogens with zero attached hydrogens (tertiary/aromatic N) is 5. The Balaban J connectivity index is 2.12. The topological polar surface area (TPSA) is 62.6 Å². The quantitative estimate of drug-likeness (QED) is 0.792. The second kappa shape index (κ2) is 4.63. The van der Waals surface area contributed by atoms with Gasteiger partial charge in [-0.05, 0) is 32.0 Å². The molecule has 0 aliphatic carbocycles. The molecule has 1 N–H and O–H groups in total. The van der Waals surface area contributed by atoms with Crippen molar-refractivity contribution >= 4 is 17.0 Å². The highest BCUT2D eigenvalue weighted by Crippen LogP contribution is 2.22. The minimum Gasteiger partial charge on any atom is -0.363 e. The maximum atomic E-state index is 4.59. The van der Waals surface area contributed by atoms with Gasteiger partial charge in [0.1, 0.15) is 11.5 Å². The lowest BCUT2D eigenvalue weighted by Gasteiger charge is -2.09. The van der Waals surface area contributed by atoms with E-state index >= 15 is 0 Å². The van der Waals surface area contributed by atoms with Gasteiger partial charge in [-0.3, -0.25) is 4.68 Å². The molecule has 6 heteroatoms. The van der Waals surface area contributed by atoms with Gasteiger partial charge in [-0.2, -0.15) is 5.10 Å². The number of fused-ring (bicyclic) bond motifs is 1. The molecule has 3 aromatic heterocycles. The number of pyridine rings is 1. The third-order valence-electron chi connectivity index (χ3n) is 3.23. The van der Waals surface area contributed by atoms with Crippen molar-refractivity contribution in [2.45, 2.75) is 20.4 Å². The first-order valence-corrected chi connectivity index (χ1v) is 6.67. The first-order valence-electron chi connectivity index (χ1n) is 6.67. The molecule has 0 spiro atoms. The Morgan fingerprint density at radius 1 is 1.25 bits per heavy atom. The maximum Gasteiger partial charge on any atom is 0.180 e. The summed E-state index contributed by atoms with van der Waals surface area (Å²) in [6.07, 6.45) is 0. The molecule has 6 nitrogen and oxygen atoms in total. The number of aryl methyl sites for hydroxylation is 2. The summed E-state index contributed by atoms with van der Waals surface area (Å²) in [5.41, 5.74) is 3.65. The van der Waals surface area contributed by atoms with Crippen LogP contribution in [0.15, 0.2) is 18.2 Å². The molecule has 0 aliphatic heterocycles. The molecule has 3 aromatic rings. The third-order valence-corrected chi connectivity index (χ3v) is 3.23. The Kier molecular flexibility index (Phi) is 2.93. The van der Waals surface area contributed by atoms with Crippen molar-refractivity contribution in [1.29, 1.82) is 0 Å². The highest BCUT2D eigenvalue weighted by Gasteiger charge is 2.12.